The van der Waals surface area contributed by atoms with Gasteiger partial charge in [-0.15, -0.1) is 11.8 Å². The van der Waals surface area contributed by atoms with Gasteiger partial charge in [-0.3, -0.25) is 4.79 Å². The topological polar surface area (TPSA) is 26.3 Å². The van der Waals surface area contributed by atoms with Crippen molar-refractivity contribution in [1.82, 2.24) is 0 Å². The molecule has 0 N–H and O–H groups in total. The van der Waals surface area contributed by atoms with Gasteiger partial charge in [-0.1, -0.05) is 44.2 Å². The summed E-state index contributed by atoms with van der Waals surface area (Å²) in [7, 11) is 0. The second-order valence-corrected chi connectivity index (χ2v) is 8.40. The lowest BCUT2D eigenvalue weighted by molar-refractivity contribution is -0.0567. The lowest BCUT2D eigenvalue weighted by atomic mass is 9.69. The molecule has 0 aromatic heterocycles. The molecule has 3 aliphatic rings. The molecule has 1 saturated heterocycles. The van der Waals surface area contributed by atoms with Crippen LogP contribution in [0.1, 0.15) is 43.5 Å². The molecule has 112 valence electrons. The van der Waals surface area contributed by atoms with E-state index in [4.69, 9.17) is 4.74 Å². The van der Waals surface area contributed by atoms with E-state index in [1.807, 2.05) is 30.3 Å². The summed E-state index contributed by atoms with van der Waals surface area (Å²) in [6.45, 7) is 4.82. The highest BCUT2D eigenvalue weighted by Crippen LogP contribution is 2.69. The zero-order valence-electron chi connectivity index (χ0n) is 12.7. The van der Waals surface area contributed by atoms with Crippen LogP contribution in [0.15, 0.2) is 30.3 Å². The Morgan fingerprint density at radius 2 is 2.05 bits per heavy atom. The molecule has 3 heteroatoms. The maximum Gasteiger partial charge on any atom is 0.201 e. The second kappa shape index (κ2) is 4.60. The molecule has 1 heterocycles. The molecule has 0 radical (unpaired) electrons. The van der Waals surface area contributed by atoms with E-state index in [1.54, 1.807) is 11.8 Å². The molecule has 0 amide bonds. The summed E-state index contributed by atoms with van der Waals surface area (Å²) in [5, 5.41) is 0. The smallest absolute Gasteiger partial charge is 0.201 e. The molecule has 1 aliphatic heterocycles. The molecule has 4 atom stereocenters. The summed E-state index contributed by atoms with van der Waals surface area (Å²) in [4.78, 5) is 12.6. The number of Topliss-reactive ketones (excluding diaryl/α,β-unsaturated/α-hetero) is 1. The number of rotatable bonds is 2. The number of fused-ring (bicyclic) bond motifs is 1. The van der Waals surface area contributed by atoms with Crippen molar-refractivity contribution in [2.45, 2.75) is 44.6 Å². The van der Waals surface area contributed by atoms with E-state index in [0.717, 1.165) is 23.7 Å². The Hall–Kier alpha value is -0.800. The second-order valence-electron chi connectivity index (χ2n) is 7.35. The highest BCUT2D eigenvalue weighted by Gasteiger charge is 2.66. The minimum atomic E-state index is -0.307. The third kappa shape index (κ3) is 1.80. The normalized spacial score (nSPS) is 40.0. The summed E-state index contributed by atoms with van der Waals surface area (Å²) in [6, 6.07) is 9.56. The first-order valence-electron chi connectivity index (χ1n) is 7.91. The fraction of sp³-hybridized carbons (Fsp3) is 0.611. The van der Waals surface area contributed by atoms with Crippen molar-refractivity contribution in [1.29, 1.82) is 0 Å². The van der Waals surface area contributed by atoms with Crippen LogP contribution in [0.4, 0.5) is 0 Å². The van der Waals surface area contributed by atoms with Gasteiger partial charge in [0.2, 0.25) is 5.78 Å². The van der Waals surface area contributed by atoms with Crippen LogP contribution in [0, 0.1) is 16.7 Å². The van der Waals surface area contributed by atoms with Crippen LogP contribution in [0.2, 0.25) is 0 Å². The number of hydrogen-bond donors (Lipinski definition) is 0. The summed E-state index contributed by atoms with van der Waals surface area (Å²) < 4.78 is 6.30. The SMILES string of the molecule is CC1(C)[C@@H]2CC[C@]13CS[C@H](C(=O)c1ccccc1)O[C@@H]3C2. The molecule has 3 fully saturated rings. The molecule has 2 nitrogen and oxygen atoms in total. The van der Waals surface area contributed by atoms with E-state index in [-0.39, 0.29) is 17.3 Å². The predicted octanol–water partition coefficient (Wildman–Crippen LogP) is 4.15. The van der Waals surface area contributed by atoms with Crippen LogP contribution in [0.25, 0.3) is 0 Å². The van der Waals surface area contributed by atoms with Crippen molar-refractivity contribution >= 4 is 17.5 Å². The van der Waals surface area contributed by atoms with E-state index in [2.05, 4.69) is 13.8 Å². The first kappa shape index (κ1) is 13.8. The monoisotopic (exact) mass is 302 g/mol. The third-order valence-electron chi connectivity index (χ3n) is 6.41. The van der Waals surface area contributed by atoms with E-state index >= 15 is 0 Å². The Kier molecular flexibility index (Phi) is 3.03. The van der Waals surface area contributed by atoms with Crippen LogP contribution in [-0.2, 0) is 4.74 Å². The van der Waals surface area contributed by atoms with E-state index < -0.39 is 0 Å². The molecule has 2 saturated carbocycles. The maximum absolute atomic E-state index is 12.6. The number of carbonyl (C=O) groups is 1. The minimum absolute atomic E-state index is 0.135. The Bertz CT molecular complexity index is 568. The average Bonchev–Trinajstić information content (AvgIpc) is 2.89. The molecule has 21 heavy (non-hydrogen) atoms. The summed E-state index contributed by atoms with van der Waals surface area (Å²) in [5.74, 6) is 1.98. The van der Waals surface area contributed by atoms with Gasteiger partial charge in [-0.05, 0) is 30.6 Å². The van der Waals surface area contributed by atoms with Gasteiger partial charge in [0.1, 0.15) is 0 Å². The Balaban J connectivity index is 1.56. The molecular formula is C18H22O2S. The highest BCUT2D eigenvalue weighted by molar-refractivity contribution is 8.00. The average molecular weight is 302 g/mol. The van der Waals surface area contributed by atoms with E-state index in [1.165, 1.54) is 12.8 Å². The van der Waals surface area contributed by atoms with Gasteiger partial charge in [-0.25, -0.2) is 0 Å². The molecule has 1 aromatic rings. The van der Waals surface area contributed by atoms with Crippen molar-refractivity contribution in [3.05, 3.63) is 35.9 Å². The molecule has 2 aliphatic carbocycles. The predicted molar refractivity (Wildman–Crippen MR) is 85.4 cm³/mol. The molecule has 4 rings (SSSR count). The zero-order valence-corrected chi connectivity index (χ0v) is 13.5. The van der Waals surface area contributed by atoms with Crippen LogP contribution in [0.5, 0.6) is 0 Å². The Morgan fingerprint density at radius 3 is 2.76 bits per heavy atom. The molecular weight excluding hydrogens is 280 g/mol. The first-order valence-corrected chi connectivity index (χ1v) is 8.96. The fourth-order valence-electron chi connectivity index (χ4n) is 4.82. The van der Waals surface area contributed by atoms with Crippen LogP contribution >= 0.6 is 11.8 Å². The standard InChI is InChI=1S/C18H22O2S/c1-17(2)13-8-9-18(17)11-21-16(20-14(18)10-13)15(19)12-6-4-3-5-7-12/h3-7,13-14,16H,8-11H2,1-2H3/t13-,14-,16-,18-/m1/s1. The summed E-state index contributed by atoms with van der Waals surface area (Å²) >= 11 is 1.72. The van der Waals surface area contributed by atoms with Gasteiger partial charge >= 0.3 is 0 Å². The third-order valence-corrected chi connectivity index (χ3v) is 7.72. The lowest BCUT2D eigenvalue weighted by Crippen LogP contribution is -2.48. The highest BCUT2D eigenvalue weighted by atomic mass is 32.2. The van der Waals surface area contributed by atoms with Crippen molar-refractivity contribution in [3.63, 3.8) is 0 Å². The minimum Gasteiger partial charge on any atom is -0.355 e. The Labute approximate surface area is 130 Å². The molecule has 2 bridgehead atoms. The van der Waals surface area contributed by atoms with Gasteiger partial charge in [-0.2, -0.15) is 0 Å². The number of ketones is 1. The maximum atomic E-state index is 12.6. The van der Waals surface area contributed by atoms with Gasteiger partial charge < -0.3 is 4.74 Å². The first-order chi connectivity index (χ1) is 10.0. The van der Waals surface area contributed by atoms with Gasteiger partial charge in [0.25, 0.3) is 0 Å². The molecule has 0 unspecified atom stereocenters. The van der Waals surface area contributed by atoms with Gasteiger partial charge in [0.15, 0.2) is 5.44 Å². The number of thioether (sulfide) groups is 1. The number of carbonyl (C=O) groups excluding carboxylic acids is 1. The van der Waals surface area contributed by atoms with Gasteiger partial charge in [0, 0.05) is 16.7 Å². The Morgan fingerprint density at radius 1 is 1.29 bits per heavy atom. The van der Waals surface area contributed by atoms with Crippen molar-refractivity contribution in [3.8, 4) is 0 Å². The summed E-state index contributed by atoms with van der Waals surface area (Å²) in [5.41, 5.74) is 1.13. The van der Waals surface area contributed by atoms with Crippen molar-refractivity contribution in [2.24, 2.45) is 16.7 Å². The number of hydrogen-bond acceptors (Lipinski definition) is 3. The summed E-state index contributed by atoms with van der Waals surface area (Å²) in [6.07, 6.45) is 4.04. The van der Waals surface area contributed by atoms with Crippen molar-refractivity contribution in [2.75, 3.05) is 5.75 Å². The van der Waals surface area contributed by atoms with Crippen molar-refractivity contribution < 1.29 is 9.53 Å². The fourth-order valence-corrected chi connectivity index (χ4v) is 6.47. The molecule has 1 aromatic carbocycles. The van der Waals surface area contributed by atoms with Crippen LogP contribution in [-0.4, -0.2) is 23.1 Å². The van der Waals surface area contributed by atoms with Crippen LogP contribution < -0.4 is 0 Å². The largest absolute Gasteiger partial charge is 0.355 e. The van der Waals surface area contributed by atoms with Crippen LogP contribution in [0.3, 0.4) is 0 Å². The number of benzene rings is 1. The lowest BCUT2D eigenvalue weighted by Gasteiger charge is -2.47. The van der Waals surface area contributed by atoms with E-state index in [0.29, 0.717) is 10.8 Å². The molecule has 1 spiro atoms. The zero-order chi connectivity index (χ0) is 14.7. The number of ether oxygens (including phenoxy) is 1. The quantitative estimate of drug-likeness (QED) is 0.768. The van der Waals surface area contributed by atoms with E-state index in [9.17, 15) is 4.79 Å². The van der Waals surface area contributed by atoms with Gasteiger partial charge in [0.05, 0.1) is 6.10 Å².